The average molecular weight is 489 g/mol. The molecule has 3 N–H and O–H groups in total. The van der Waals surface area contributed by atoms with Crippen molar-refractivity contribution in [2.24, 2.45) is 10.7 Å². The molecule has 0 unspecified atom stereocenters. The Balaban J connectivity index is 1.79. The lowest BCUT2D eigenvalue weighted by atomic mass is 9.93. The van der Waals surface area contributed by atoms with Crippen LogP contribution in [0.3, 0.4) is 0 Å². The Morgan fingerprint density at radius 2 is 1.78 bits per heavy atom. The monoisotopic (exact) mass is 488 g/mol. The van der Waals surface area contributed by atoms with Gasteiger partial charge >= 0.3 is 11.7 Å². The van der Waals surface area contributed by atoms with E-state index in [9.17, 15) is 14.9 Å². The molecule has 1 aliphatic heterocycles. The number of nitro groups is 1. The Morgan fingerprint density at radius 3 is 2.42 bits per heavy atom. The molecule has 0 saturated heterocycles. The number of aliphatic imine (C=N–C) groups is 1. The van der Waals surface area contributed by atoms with Crippen molar-refractivity contribution in [1.82, 2.24) is 5.32 Å². The van der Waals surface area contributed by atoms with E-state index in [4.69, 9.17) is 19.9 Å². The van der Waals surface area contributed by atoms with E-state index in [-0.39, 0.29) is 29.6 Å². The van der Waals surface area contributed by atoms with Crippen LogP contribution in [-0.2, 0) is 9.53 Å². The van der Waals surface area contributed by atoms with Crippen molar-refractivity contribution < 1.29 is 23.9 Å². The van der Waals surface area contributed by atoms with Crippen LogP contribution in [0, 0.1) is 10.1 Å². The fraction of sp³-hybridized carbons (Fsp3) is 0.154. The first-order valence-corrected chi connectivity index (χ1v) is 11.1. The van der Waals surface area contributed by atoms with Crippen LogP contribution in [-0.4, -0.2) is 30.6 Å². The first-order valence-electron chi connectivity index (χ1n) is 11.1. The minimum absolute atomic E-state index is 0.0322. The van der Waals surface area contributed by atoms with Crippen molar-refractivity contribution >= 4 is 23.3 Å². The number of ether oxygens (including phenoxy) is 3. The predicted octanol–water partition coefficient (Wildman–Crippen LogP) is 4.33. The summed E-state index contributed by atoms with van der Waals surface area (Å²) in [5, 5.41) is 14.9. The number of nitrogens with two attached hydrogens (primary N) is 1. The van der Waals surface area contributed by atoms with Gasteiger partial charge in [-0.15, -0.1) is 0 Å². The van der Waals surface area contributed by atoms with Crippen LogP contribution >= 0.6 is 0 Å². The lowest BCUT2D eigenvalue weighted by Crippen LogP contribution is -2.37. The van der Waals surface area contributed by atoms with Gasteiger partial charge in [0.05, 0.1) is 29.9 Å². The molecule has 0 spiro atoms. The van der Waals surface area contributed by atoms with E-state index in [1.807, 2.05) is 30.3 Å². The second-order valence-corrected chi connectivity index (χ2v) is 7.68. The van der Waals surface area contributed by atoms with Gasteiger partial charge in [0, 0.05) is 6.07 Å². The number of nitro benzene ring substituents is 1. The van der Waals surface area contributed by atoms with E-state index in [0.717, 1.165) is 0 Å². The number of methoxy groups -OCH3 is 1. The summed E-state index contributed by atoms with van der Waals surface area (Å²) in [5.41, 5.74) is 7.46. The highest BCUT2D eigenvalue weighted by atomic mass is 16.6. The molecule has 3 aromatic carbocycles. The average Bonchev–Trinajstić information content (AvgIpc) is 2.89. The van der Waals surface area contributed by atoms with Gasteiger partial charge in [0.2, 0.25) is 5.75 Å². The zero-order chi connectivity index (χ0) is 25.7. The van der Waals surface area contributed by atoms with Crippen LogP contribution in [0.4, 0.5) is 5.69 Å². The standard InChI is InChI=1S/C26H24N4O6/c1-3-35-25(31)22-23(16-7-5-4-6-8-16)28-26(27)29-24(22)17-9-14-21(20(15-17)30(32)33)36-19-12-10-18(34-2)11-13-19/h4-15,24H,3H2,1-2H3,(H3,27,28,29)/t24-/m0/s1. The van der Waals surface area contributed by atoms with Gasteiger partial charge in [0.15, 0.2) is 5.96 Å². The maximum absolute atomic E-state index is 13.1. The molecule has 36 heavy (non-hydrogen) atoms. The summed E-state index contributed by atoms with van der Waals surface area (Å²) in [7, 11) is 1.54. The Labute approximate surface area is 207 Å². The quantitative estimate of drug-likeness (QED) is 0.271. The number of esters is 1. The first kappa shape index (κ1) is 24.3. The molecule has 0 aliphatic carbocycles. The SMILES string of the molecule is CCOC(=O)C1=C(c2ccccc2)NC(N)=N[C@H]1c1ccc(Oc2ccc(OC)cc2)c([N+](=O)[O-])c1. The number of rotatable bonds is 8. The Bertz CT molecular complexity index is 1340. The van der Waals surface area contributed by atoms with Gasteiger partial charge in [-0.25, -0.2) is 9.79 Å². The summed E-state index contributed by atoms with van der Waals surface area (Å²) < 4.78 is 16.2. The number of nitrogens with zero attached hydrogens (tertiary/aromatic N) is 2. The van der Waals surface area contributed by atoms with Crippen molar-refractivity contribution in [3.05, 3.63) is 99.6 Å². The highest BCUT2D eigenvalue weighted by Crippen LogP contribution is 2.39. The van der Waals surface area contributed by atoms with E-state index in [1.54, 1.807) is 37.3 Å². The van der Waals surface area contributed by atoms with Gasteiger partial charge < -0.3 is 25.3 Å². The van der Waals surface area contributed by atoms with Crippen LogP contribution in [0.15, 0.2) is 83.4 Å². The summed E-state index contributed by atoms with van der Waals surface area (Å²) >= 11 is 0. The molecule has 1 aliphatic rings. The highest BCUT2D eigenvalue weighted by Gasteiger charge is 2.33. The second kappa shape index (κ2) is 10.6. The van der Waals surface area contributed by atoms with Gasteiger partial charge in [-0.05, 0) is 48.4 Å². The molecule has 184 valence electrons. The van der Waals surface area contributed by atoms with Crippen molar-refractivity contribution in [1.29, 1.82) is 0 Å². The Morgan fingerprint density at radius 1 is 1.08 bits per heavy atom. The van der Waals surface area contributed by atoms with Gasteiger partial charge in [-0.3, -0.25) is 10.1 Å². The highest BCUT2D eigenvalue weighted by molar-refractivity contribution is 6.04. The van der Waals surface area contributed by atoms with E-state index in [2.05, 4.69) is 10.3 Å². The largest absolute Gasteiger partial charge is 0.497 e. The molecule has 0 amide bonds. The van der Waals surface area contributed by atoms with Gasteiger partial charge in [0.1, 0.15) is 17.5 Å². The number of carbonyl (C=O) groups excluding carboxylic acids is 1. The van der Waals surface area contributed by atoms with E-state index in [0.29, 0.717) is 28.3 Å². The molecule has 0 fully saturated rings. The molecule has 0 bridgehead atoms. The summed E-state index contributed by atoms with van der Waals surface area (Å²) in [5.74, 6) is 0.513. The molecule has 10 nitrogen and oxygen atoms in total. The summed E-state index contributed by atoms with van der Waals surface area (Å²) in [6.07, 6.45) is 0. The zero-order valence-electron chi connectivity index (χ0n) is 19.6. The zero-order valence-corrected chi connectivity index (χ0v) is 19.6. The van der Waals surface area contributed by atoms with Crippen molar-refractivity contribution in [3.63, 3.8) is 0 Å². The summed E-state index contributed by atoms with van der Waals surface area (Å²) in [6.45, 7) is 1.84. The number of hydrogen-bond acceptors (Lipinski definition) is 9. The van der Waals surface area contributed by atoms with E-state index < -0.39 is 16.9 Å². The van der Waals surface area contributed by atoms with Crippen LogP contribution in [0.1, 0.15) is 24.1 Å². The molecule has 4 rings (SSSR count). The Hall–Kier alpha value is -4.86. The predicted molar refractivity (Wildman–Crippen MR) is 134 cm³/mol. The van der Waals surface area contributed by atoms with Gasteiger partial charge in [-0.2, -0.15) is 0 Å². The molecule has 0 saturated carbocycles. The molecule has 3 aromatic rings. The smallest absolute Gasteiger partial charge is 0.338 e. The fourth-order valence-corrected chi connectivity index (χ4v) is 3.77. The molecule has 0 aromatic heterocycles. The number of hydrogen-bond donors (Lipinski definition) is 2. The first-order chi connectivity index (χ1) is 17.4. The van der Waals surface area contributed by atoms with Gasteiger partial charge in [-0.1, -0.05) is 36.4 Å². The van der Waals surface area contributed by atoms with Crippen LogP contribution in [0.2, 0.25) is 0 Å². The third-order valence-electron chi connectivity index (χ3n) is 5.40. The minimum Gasteiger partial charge on any atom is -0.497 e. The summed E-state index contributed by atoms with van der Waals surface area (Å²) in [6, 6.07) is 19.2. The van der Waals surface area contributed by atoms with E-state index >= 15 is 0 Å². The maximum atomic E-state index is 13.1. The Kier molecular flexibility index (Phi) is 7.15. The van der Waals surface area contributed by atoms with Crippen LogP contribution in [0.25, 0.3) is 5.70 Å². The molecule has 1 heterocycles. The van der Waals surface area contributed by atoms with Crippen molar-refractivity contribution in [2.75, 3.05) is 13.7 Å². The number of benzene rings is 3. The maximum Gasteiger partial charge on any atom is 0.338 e. The van der Waals surface area contributed by atoms with Crippen LogP contribution < -0.4 is 20.5 Å². The van der Waals surface area contributed by atoms with Crippen LogP contribution in [0.5, 0.6) is 17.2 Å². The number of carbonyl (C=O) groups is 1. The van der Waals surface area contributed by atoms with Crippen molar-refractivity contribution in [2.45, 2.75) is 13.0 Å². The summed E-state index contributed by atoms with van der Waals surface area (Å²) in [4.78, 5) is 28.8. The van der Waals surface area contributed by atoms with Crippen molar-refractivity contribution in [3.8, 4) is 17.2 Å². The number of guanidine groups is 1. The van der Waals surface area contributed by atoms with E-state index in [1.165, 1.54) is 19.2 Å². The normalized spacial score (nSPS) is 14.9. The fourth-order valence-electron chi connectivity index (χ4n) is 3.77. The molecular weight excluding hydrogens is 464 g/mol. The second-order valence-electron chi connectivity index (χ2n) is 7.68. The number of nitrogens with one attached hydrogen (secondary N) is 1. The topological polar surface area (TPSA) is 138 Å². The third-order valence-corrected chi connectivity index (χ3v) is 5.40. The minimum atomic E-state index is -0.936. The third kappa shape index (κ3) is 5.12. The molecule has 1 atom stereocenters. The molecule has 10 heteroatoms. The lowest BCUT2D eigenvalue weighted by Gasteiger charge is -2.26. The van der Waals surface area contributed by atoms with Gasteiger partial charge in [0.25, 0.3) is 0 Å². The molecular formula is C26H24N4O6. The molecule has 0 radical (unpaired) electrons. The lowest BCUT2D eigenvalue weighted by molar-refractivity contribution is -0.385.